The van der Waals surface area contributed by atoms with Crippen LogP contribution in [-0.4, -0.2) is 41.5 Å². The summed E-state index contributed by atoms with van der Waals surface area (Å²) in [5, 5.41) is 4.62. The summed E-state index contributed by atoms with van der Waals surface area (Å²) in [5.74, 6) is 0.0542. The number of rotatable bonds is 5. The second-order valence-corrected chi connectivity index (χ2v) is 7.09. The van der Waals surface area contributed by atoms with Crippen molar-refractivity contribution in [3.05, 3.63) is 42.5 Å². The Morgan fingerprint density at radius 1 is 1.20 bits per heavy atom. The monoisotopic (exact) mass is 420 g/mol. The maximum atomic E-state index is 12.3. The molecule has 4 rings (SSSR count). The van der Waals surface area contributed by atoms with Crippen LogP contribution in [0.2, 0.25) is 0 Å². The van der Waals surface area contributed by atoms with Gasteiger partial charge in [-0.05, 0) is 53.4 Å². The molecule has 1 aliphatic rings. The second-order valence-electron chi connectivity index (χ2n) is 7.09. The summed E-state index contributed by atoms with van der Waals surface area (Å²) in [6, 6.07) is 10.9. The summed E-state index contributed by atoms with van der Waals surface area (Å²) in [6.45, 7) is 2.58. The lowest BCUT2D eigenvalue weighted by atomic mass is 10.0. The fourth-order valence-corrected chi connectivity index (χ4v) is 3.65. The molecule has 0 saturated carbocycles. The molecule has 0 bridgehead atoms. The smallest absolute Gasteiger partial charge is 0.473 e. The van der Waals surface area contributed by atoms with Gasteiger partial charge < -0.3 is 18.9 Å². The van der Waals surface area contributed by atoms with Gasteiger partial charge >= 0.3 is 6.36 Å². The highest BCUT2D eigenvalue weighted by Crippen LogP contribution is 2.32. The van der Waals surface area contributed by atoms with Crippen LogP contribution in [0.1, 0.15) is 19.8 Å². The predicted octanol–water partition coefficient (Wildman–Crippen LogP) is 4.78. The third-order valence-corrected chi connectivity index (χ3v) is 5.05. The number of likely N-dealkylation sites (tertiary alicyclic amines) is 1. The first kappa shape index (κ1) is 20.1. The third kappa shape index (κ3) is 4.34. The number of carbonyl (C=O) groups is 1. The van der Waals surface area contributed by atoms with Crippen molar-refractivity contribution in [2.45, 2.75) is 32.2 Å². The summed E-state index contributed by atoms with van der Waals surface area (Å²) in [5.41, 5.74) is 2.00. The highest BCUT2D eigenvalue weighted by molar-refractivity contribution is 5.87. The molecule has 9 heteroatoms. The first-order valence-corrected chi connectivity index (χ1v) is 9.46. The summed E-state index contributed by atoms with van der Waals surface area (Å²) < 4.78 is 52.0. The van der Waals surface area contributed by atoms with Crippen molar-refractivity contribution in [3.8, 4) is 22.8 Å². The van der Waals surface area contributed by atoms with Crippen LogP contribution in [0, 0.1) is 0 Å². The lowest BCUT2D eigenvalue weighted by molar-refractivity contribution is -0.274. The van der Waals surface area contributed by atoms with Gasteiger partial charge in [0, 0.05) is 13.5 Å². The van der Waals surface area contributed by atoms with Crippen molar-refractivity contribution in [1.82, 2.24) is 10.1 Å². The lowest BCUT2D eigenvalue weighted by Gasteiger charge is -2.22. The summed E-state index contributed by atoms with van der Waals surface area (Å²) >= 11 is 0. The molecule has 0 aliphatic carbocycles. The highest BCUT2D eigenvalue weighted by Gasteiger charge is 2.31. The molecule has 1 aromatic heterocycles. The minimum Gasteiger partial charge on any atom is -0.473 e. The minimum absolute atomic E-state index is 0.00129. The Morgan fingerprint density at radius 3 is 2.63 bits per heavy atom. The summed E-state index contributed by atoms with van der Waals surface area (Å²) in [4.78, 5) is 13.5. The number of aromatic nitrogens is 1. The lowest BCUT2D eigenvalue weighted by Crippen LogP contribution is -2.37. The molecule has 1 atom stereocenters. The Hall–Kier alpha value is -3.23. The van der Waals surface area contributed by atoms with Gasteiger partial charge in [-0.1, -0.05) is 18.2 Å². The van der Waals surface area contributed by atoms with Crippen molar-refractivity contribution in [1.29, 1.82) is 0 Å². The standard InChI is InChI=1S/C21H19F3N2O4/c1-13(27)26-10-2-3-16(26)12-28-20-18-11-15(6-9-19(18)30-25-20)14-4-7-17(8-5-14)29-21(22,23)24/h4-9,11,16H,2-3,10,12H2,1H3. The fraction of sp³-hybridized carbons (Fsp3) is 0.333. The zero-order valence-electron chi connectivity index (χ0n) is 16.1. The number of alkyl halides is 3. The van der Waals surface area contributed by atoms with E-state index in [9.17, 15) is 18.0 Å². The molecule has 1 unspecified atom stereocenters. The van der Waals surface area contributed by atoms with Crippen molar-refractivity contribution in [2.75, 3.05) is 13.2 Å². The first-order chi connectivity index (χ1) is 14.3. The number of benzene rings is 2. The van der Waals surface area contributed by atoms with Crippen LogP contribution in [0.4, 0.5) is 13.2 Å². The van der Waals surface area contributed by atoms with E-state index in [0.717, 1.165) is 24.9 Å². The molecule has 0 spiro atoms. The number of hydrogen-bond acceptors (Lipinski definition) is 5. The molecular weight excluding hydrogens is 401 g/mol. The number of ether oxygens (including phenoxy) is 2. The third-order valence-electron chi connectivity index (χ3n) is 5.05. The molecule has 2 heterocycles. The highest BCUT2D eigenvalue weighted by atomic mass is 19.4. The average molecular weight is 420 g/mol. The van der Waals surface area contributed by atoms with Gasteiger partial charge in [0.1, 0.15) is 12.4 Å². The van der Waals surface area contributed by atoms with Crippen LogP contribution in [0.25, 0.3) is 22.1 Å². The Morgan fingerprint density at radius 2 is 1.93 bits per heavy atom. The maximum absolute atomic E-state index is 12.3. The van der Waals surface area contributed by atoms with E-state index >= 15 is 0 Å². The quantitative estimate of drug-likeness (QED) is 0.594. The molecule has 1 aliphatic heterocycles. The topological polar surface area (TPSA) is 64.8 Å². The fourth-order valence-electron chi connectivity index (χ4n) is 3.65. The van der Waals surface area contributed by atoms with Gasteiger partial charge in [-0.2, -0.15) is 0 Å². The van der Waals surface area contributed by atoms with Gasteiger partial charge in [-0.3, -0.25) is 4.79 Å². The normalized spacial score (nSPS) is 16.8. The first-order valence-electron chi connectivity index (χ1n) is 9.46. The Bertz CT molecular complexity index is 1050. The molecule has 1 fully saturated rings. The zero-order valence-corrected chi connectivity index (χ0v) is 16.1. The number of halogens is 3. The molecule has 6 nitrogen and oxygen atoms in total. The van der Waals surface area contributed by atoms with E-state index in [1.165, 1.54) is 12.1 Å². The van der Waals surface area contributed by atoms with Crippen molar-refractivity contribution >= 4 is 16.9 Å². The van der Waals surface area contributed by atoms with Crippen LogP contribution in [-0.2, 0) is 4.79 Å². The van der Waals surface area contributed by atoms with Crippen LogP contribution >= 0.6 is 0 Å². The Balaban J connectivity index is 1.52. The van der Waals surface area contributed by atoms with E-state index in [2.05, 4.69) is 9.89 Å². The molecule has 0 N–H and O–H groups in total. The SMILES string of the molecule is CC(=O)N1CCCC1COc1noc2ccc(-c3ccc(OC(F)(F)F)cc3)cc12. The molecule has 0 radical (unpaired) electrons. The van der Waals surface area contributed by atoms with Crippen molar-refractivity contribution < 1.29 is 32.0 Å². The number of nitrogens with zero attached hydrogens (tertiary/aromatic N) is 2. The number of carbonyl (C=O) groups excluding carboxylic acids is 1. The van der Waals surface area contributed by atoms with E-state index in [1.54, 1.807) is 42.2 Å². The number of amides is 1. The zero-order chi connectivity index (χ0) is 21.3. The molecule has 30 heavy (non-hydrogen) atoms. The van der Waals surface area contributed by atoms with Gasteiger partial charge in [0.2, 0.25) is 5.91 Å². The van der Waals surface area contributed by atoms with E-state index in [4.69, 9.17) is 9.26 Å². The van der Waals surface area contributed by atoms with Gasteiger partial charge in [0.05, 0.1) is 11.4 Å². The van der Waals surface area contributed by atoms with E-state index in [1.807, 2.05) is 0 Å². The van der Waals surface area contributed by atoms with Gasteiger partial charge in [-0.15, -0.1) is 13.2 Å². The minimum atomic E-state index is -4.73. The van der Waals surface area contributed by atoms with Gasteiger partial charge in [0.15, 0.2) is 5.58 Å². The predicted molar refractivity (Wildman–Crippen MR) is 102 cm³/mol. The van der Waals surface area contributed by atoms with Gasteiger partial charge in [-0.25, -0.2) is 0 Å². The Kier molecular flexibility index (Phi) is 5.27. The van der Waals surface area contributed by atoms with Crippen LogP contribution in [0.3, 0.4) is 0 Å². The van der Waals surface area contributed by atoms with E-state index in [0.29, 0.717) is 29.0 Å². The van der Waals surface area contributed by atoms with E-state index in [-0.39, 0.29) is 17.7 Å². The van der Waals surface area contributed by atoms with Crippen molar-refractivity contribution in [2.24, 2.45) is 0 Å². The average Bonchev–Trinajstić information content (AvgIpc) is 3.32. The molecule has 3 aromatic rings. The van der Waals surface area contributed by atoms with Crippen molar-refractivity contribution in [3.63, 3.8) is 0 Å². The number of fused-ring (bicyclic) bond motifs is 1. The van der Waals surface area contributed by atoms with Crippen LogP contribution < -0.4 is 9.47 Å². The largest absolute Gasteiger partial charge is 0.573 e. The molecule has 2 aromatic carbocycles. The second kappa shape index (κ2) is 7.89. The van der Waals surface area contributed by atoms with Crippen LogP contribution in [0.5, 0.6) is 11.6 Å². The Labute approximate surface area is 170 Å². The molecule has 158 valence electrons. The maximum Gasteiger partial charge on any atom is 0.573 e. The van der Waals surface area contributed by atoms with Crippen LogP contribution in [0.15, 0.2) is 47.0 Å². The van der Waals surface area contributed by atoms with E-state index < -0.39 is 6.36 Å². The summed E-state index contributed by atoms with van der Waals surface area (Å²) in [6.07, 6.45) is -2.93. The number of hydrogen-bond donors (Lipinski definition) is 0. The summed E-state index contributed by atoms with van der Waals surface area (Å²) in [7, 11) is 0. The van der Waals surface area contributed by atoms with Gasteiger partial charge in [0.25, 0.3) is 5.88 Å². The molecule has 1 amide bonds. The molecule has 1 saturated heterocycles. The molecular formula is C21H19F3N2O4.